The van der Waals surface area contributed by atoms with Crippen molar-refractivity contribution >= 4 is 40.7 Å². The van der Waals surface area contributed by atoms with Gasteiger partial charge in [0.1, 0.15) is 0 Å². The van der Waals surface area contributed by atoms with Gasteiger partial charge in [-0.2, -0.15) is 13.2 Å². The number of rotatable bonds is 2. The van der Waals surface area contributed by atoms with Crippen molar-refractivity contribution in [3.05, 3.63) is 58.7 Å². The second-order valence-electron chi connectivity index (χ2n) is 4.33. The van der Waals surface area contributed by atoms with Crippen LogP contribution in [0.1, 0.15) is 15.9 Å². The number of aromatic nitrogens is 1. The van der Waals surface area contributed by atoms with Crippen molar-refractivity contribution in [2.45, 2.75) is 6.18 Å². The van der Waals surface area contributed by atoms with Crippen molar-refractivity contribution in [2.75, 3.05) is 5.32 Å². The topological polar surface area (TPSA) is 54.0 Å². The van der Waals surface area contributed by atoms with Crippen LogP contribution in [0.25, 0.3) is 0 Å². The first-order valence-electron chi connectivity index (χ1n) is 6.17. The van der Waals surface area contributed by atoms with E-state index in [-0.39, 0.29) is 16.0 Å². The van der Waals surface area contributed by atoms with Crippen molar-refractivity contribution in [3.63, 3.8) is 0 Å². The zero-order valence-corrected chi connectivity index (χ0v) is 12.9. The van der Waals surface area contributed by atoms with Gasteiger partial charge in [-0.1, -0.05) is 29.8 Å². The molecule has 1 heterocycles. The number of amides is 1. The number of anilines is 1. The first-order chi connectivity index (χ1) is 10.8. The van der Waals surface area contributed by atoms with Crippen molar-refractivity contribution in [1.29, 1.82) is 0 Å². The number of carbonyl (C=O) groups excluding carboxylic acids is 1. The molecule has 0 fully saturated rings. The van der Waals surface area contributed by atoms with Gasteiger partial charge in [-0.15, -0.1) is 0 Å². The van der Waals surface area contributed by atoms with E-state index in [1.54, 1.807) is 30.3 Å². The van der Waals surface area contributed by atoms with Crippen molar-refractivity contribution < 1.29 is 18.0 Å². The lowest BCUT2D eigenvalue weighted by Crippen LogP contribution is -2.34. The molecule has 1 aromatic heterocycles. The highest BCUT2D eigenvalue weighted by molar-refractivity contribution is 7.80. The fraction of sp³-hybridized carbons (Fsp3) is 0.0714. The minimum atomic E-state index is -4.54. The Hall–Kier alpha value is -2.19. The molecule has 0 spiro atoms. The number of carbonyl (C=O) groups is 1. The Morgan fingerprint density at radius 3 is 2.43 bits per heavy atom. The van der Waals surface area contributed by atoms with Crippen LogP contribution in [-0.4, -0.2) is 16.0 Å². The van der Waals surface area contributed by atoms with E-state index in [2.05, 4.69) is 15.6 Å². The normalized spacial score (nSPS) is 11.0. The first-order valence-corrected chi connectivity index (χ1v) is 6.96. The summed E-state index contributed by atoms with van der Waals surface area (Å²) in [5.41, 5.74) is -0.601. The number of nitrogens with one attached hydrogen (secondary N) is 2. The fourth-order valence-corrected chi connectivity index (χ4v) is 1.99. The monoisotopic (exact) mass is 359 g/mol. The van der Waals surface area contributed by atoms with Gasteiger partial charge in [0.2, 0.25) is 0 Å². The van der Waals surface area contributed by atoms with Crippen LogP contribution in [0, 0.1) is 0 Å². The molecular formula is C14H9ClF3N3OS. The molecule has 120 valence electrons. The lowest BCUT2D eigenvalue weighted by Gasteiger charge is -2.12. The van der Waals surface area contributed by atoms with Gasteiger partial charge >= 0.3 is 6.18 Å². The summed E-state index contributed by atoms with van der Waals surface area (Å²) in [7, 11) is 0. The summed E-state index contributed by atoms with van der Waals surface area (Å²) >= 11 is 10.6. The molecule has 2 N–H and O–H groups in total. The van der Waals surface area contributed by atoms with Gasteiger partial charge < -0.3 is 5.32 Å². The summed E-state index contributed by atoms with van der Waals surface area (Å²) in [6, 6.07) is 9.00. The van der Waals surface area contributed by atoms with Crippen LogP contribution in [0.3, 0.4) is 0 Å². The quantitative estimate of drug-likeness (QED) is 0.799. The second kappa shape index (κ2) is 6.93. The van der Waals surface area contributed by atoms with Gasteiger partial charge in [-0.25, -0.2) is 4.98 Å². The zero-order valence-electron chi connectivity index (χ0n) is 11.3. The summed E-state index contributed by atoms with van der Waals surface area (Å²) in [6.07, 6.45) is -3.92. The summed E-state index contributed by atoms with van der Waals surface area (Å²) in [4.78, 5) is 15.4. The predicted molar refractivity (Wildman–Crippen MR) is 84.4 cm³/mol. The number of hydrogen-bond acceptors (Lipinski definition) is 3. The van der Waals surface area contributed by atoms with Crippen LogP contribution < -0.4 is 10.6 Å². The number of nitrogens with zero attached hydrogens (tertiary/aromatic N) is 1. The van der Waals surface area contributed by atoms with Gasteiger partial charge in [-0.3, -0.25) is 10.1 Å². The third-order valence-corrected chi connectivity index (χ3v) is 3.16. The Balaban J connectivity index is 2.05. The Labute approximate surface area is 139 Å². The van der Waals surface area contributed by atoms with Crippen LogP contribution >= 0.6 is 23.8 Å². The van der Waals surface area contributed by atoms with E-state index in [0.29, 0.717) is 11.8 Å². The van der Waals surface area contributed by atoms with Gasteiger partial charge in [0.15, 0.2) is 10.9 Å². The smallest absolute Gasteiger partial charge is 0.316 e. The van der Waals surface area contributed by atoms with Crippen LogP contribution in [0.2, 0.25) is 5.02 Å². The standard InChI is InChI=1S/C14H9ClF3N3OS/c15-10-6-9(14(16,17)18)7-19-11(10)20-13(23)21-12(22)8-4-2-1-3-5-8/h1-7H,(H2,19,20,21,22,23). The molecule has 1 amide bonds. The van der Waals surface area contributed by atoms with Gasteiger partial charge in [-0.05, 0) is 30.4 Å². The molecule has 0 bridgehead atoms. The SMILES string of the molecule is O=C(NC(=S)Nc1ncc(C(F)(F)F)cc1Cl)c1ccccc1. The molecule has 9 heteroatoms. The first kappa shape index (κ1) is 17.2. The molecule has 0 saturated carbocycles. The number of hydrogen-bond donors (Lipinski definition) is 2. The zero-order chi connectivity index (χ0) is 17.0. The van der Waals surface area contributed by atoms with E-state index in [4.69, 9.17) is 23.8 Å². The van der Waals surface area contributed by atoms with Crippen molar-refractivity contribution in [3.8, 4) is 0 Å². The molecule has 0 saturated heterocycles. The third-order valence-electron chi connectivity index (χ3n) is 2.66. The number of thiocarbonyl (C=S) groups is 1. The van der Waals surface area contributed by atoms with Crippen molar-refractivity contribution in [1.82, 2.24) is 10.3 Å². The van der Waals surface area contributed by atoms with Gasteiger partial charge in [0.05, 0.1) is 10.6 Å². The highest BCUT2D eigenvalue weighted by Crippen LogP contribution is 2.32. The Morgan fingerprint density at radius 2 is 1.87 bits per heavy atom. The maximum atomic E-state index is 12.5. The van der Waals surface area contributed by atoms with Gasteiger partial charge in [0, 0.05) is 11.8 Å². The molecule has 0 atom stereocenters. The van der Waals surface area contributed by atoms with E-state index in [1.807, 2.05) is 0 Å². The minimum absolute atomic E-state index is 0.0852. The molecule has 0 radical (unpaired) electrons. The minimum Gasteiger partial charge on any atom is -0.316 e. The second-order valence-corrected chi connectivity index (χ2v) is 5.14. The number of pyridine rings is 1. The number of alkyl halides is 3. The fourth-order valence-electron chi connectivity index (χ4n) is 1.59. The van der Waals surface area contributed by atoms with Crippen molar-refractivity contribution in [2.24, 2.45) is 0 Å². The lowest BCUT2D eigenvalue weighted by atomic mass is 10.2. The summed E-state index contributed by atoms with van der Waals surface area (Å²) < 4.78 is 37.6. The maximum Gasteiger partial charge on any atom is 0.417 e. The highest BCUT2D eigenvalue weighted by Gasteiger charge is 2.31. The van der Waals surface area contributed by atoms with E-state index >= 15 is 0 Å². The van der Waals surface area contributed by atoms with Crippen LogP contribution in [0.4, 0.5) is 19.0 Å². The molecule has 2 aromatic rings. The number of benzene rings is 1. The third kappa shape index (κ3) is 4.64. The van der Waals surface area contributed by atoms with Crippen LogP contribution in [0.15, 0.2) is 42.6 Å². The highest BCUT2D eigenvalue weighted by atomic mass is 35.5. The summed E-state index contributed by atoms with van der Waals surface area (Å²) in [5, 5.41) is 4.46. The average Bonchev–Trinajstić information content (AvgIpc) is 2.49. The molecule has 23 heavy (non-hydrogen) atoms. The molecule has 0 unspecified atom stereocenters. The van der Waals surface area contributed by atoms with Gasteiger partial charge in [0.25, 0.3) is 5.91 Å². The maximum absolute atomic E-state index is 12.5. The lowest BCUT2D eigenvalue weighted by molar-refractivity contribution is -0.137. The largest absolute Gasteiger partial charge is 0.417 e. The van der Waals surface area contributed by atoms with E-state index < -0.39 is 17.6 Å². The molecule has 0 aliphatic carbocycles. The molecule has 2 rings (SSSR count). The summed E-state index contributed by atoms with van der Waals surface area (Å²) in [5.74, 6) is -0.552. The Kier molecular flexibility index (Phi) is 5.17. The van der Waals surface area contributed by atoms with E-state index in [1.165, 1.54) is 0 Å². The van der Waals surface area contributed by atoms with E-state index in [9.17, 15) is 18.0 Å². The molecular weight excluding hydrogens is 351 g/mol. The summed E-state index contributed by atoms with van der Waals surface area (Å²) in [6.45, 7) is 0. The Morgan fingerprint density at radius 1 is 1.22 bits per heavy atom. The van der Waals surface area contributed by atoms with E-state index in [0.717, 1.165) is 6.07 Å². The molecule has 1 aromatic carbocycles. The predicted octanol–water partition coefficient (Wildman–Crippen LogP) is 3.88. The average molecular weight is 360 g/mol. The number of halogens is 4. The van der Waals surface area contributed by atoms with Crippen LogP contribution in [-0.2, 0) is 6.18 Å². The molecule has 0 aliphatic heterocycles. The Bertz CT molecular complexity index is 738. The molecule has 4 nitrogen and oxygen atoms in total. The van der Waals surface area contributed by atoms with Crippen LogP contribution in [0.5, 0.6) is 0 Å². The molecule has 0 aliphatic rings.